The number of nitrogens with two attached hydrogens (primary N) is 1. The molecule has 0 aliphatic heterocycles. The molecule has 0 bridgehead atoms. The van der Waals surface area contributed by atoms with E-state index in [-0.39, 0.29) is 29.4 Å². The lowest BCUT2D eigenvalue weighted by molar-refractivity contribution is -0.112. The van der Waals surface area contributed by atoms with Gasteiger partial charge in [0, 0.05) is 12.2 Å². The van der Waals surface area contributed by atoms with Crippen molar-refractivity contribution in [2.24, 2.45) is 5.73 Å². The number of rotatable bonds is 10. The molecule has 8 heteroatoms. The van der Waals surface area contributed by atoms with Crippen LogP contribution in [0.15, 0.2) is 53.3 Å². The van der Waals surface area contributed by atoms with E-state index in [0.29, 0.717) is 17.5 Å². The fourth-order valence-corrected chi connectivity index (χ4v) is 3.23. The predicted molar refractivity (Wildman–Crippen MR) is 109 cm³/mol. The second-order valence-corrected chi connectivity index (χ2v) is 6.91. The number of hydrogen-bond acceptors (Lipinski definition) is 7. The second kappa shape index (κ2) is 10.3. The molecule has 0 spiro atoms. The van der Waals surface area contributed by atoms with Gasteiger partial charge in [-0.15, -0.1) is 16.8 Å². The third-order valence-electron chi connectivity index (χ3n) is 3.92. The number of hydrogen-bond donors (Lipinski definition) is 1. The first-order valence-corrected chi connectivity index (χ1v) is 9.75. The van der Waals surface area contributed by atoms with Crippen LogP contribution in [-0.4, -0.2) is 26.3 Å². The molecule has 2 aromatic rings. The number of benzene rings is 1. The maximum atomic E-state index is 12.1. The predicted octanol–water partition coefficient (Wildman–Crippen LogP) is 3.02. The highest BCUT2D eigenvalue weighted by Crippen LogP contribution is 2.20. The number of nitriles is 1. The summed E-state index contributed by atoms with van der Waals surface area (Å²) in [4.78, 5) is 12.1. The fourth-order valence-electron chi connectivity index (χ4n) is 2.39. The SMILES string of the molecule is C=CCn1c(COc2ccc(CC)cc2)nnc1SCC(=O)/C(C#N)=C(\C)N. The zero-order valence-corrected chi connectivity index (χ0v) is 16.8. The third-order valence-corrected chi connectivity index (χ3v) is 4.89. The highest BCUT2D eigenvalue weighted by molar-refractivity contribution is 7.99. The van der Waals surface area contributed by atoms with Crippen LogP contribution in [0.5, 0.6) is 5.75 Å². The molecule has 0 amide bonds. The second-order valence-electron chi connectivity index (χ2n) is 5.97. The number of thioether (sulfide) groups is 1. The molecule has 28 heavy (non-hydrogen) atoms. The summed E-state index contributed by atoms with van der Waals surface area (Å²) in [6.07, 6.45) is 2.69. The van der Waals surface area contributed by atoms with Crippen molar-refractivity contribution < 1.29 is 9.53 Å². The minimum Gasteiger partial charge on any atom is -0.486 e. The number of Topliss-reactive ketones (excluding diaryl/α,β-unsaturated/α-hetero) is 1. The molecule has 0 saturated heterocycles. The van der Waals surface area contributed by atoms with Gasteiger partial charge in [0.15, 0.2) is 16.8 Å². The van der Waals surface area contributed by atoms with E-state index in [2.05, 4.69) is 23.7 Å². The van der Waals surface area contributed by atoms with Crippen LogP contribution in [0.3, 0.4) is 0 Å². The van der Waals surface area contributed by atoms with E-state index in [0.717, 1.165) is 12.2 Å². The molecule has 1 heterocycles. The van der Waals surface area contributed by atoms with Gasteiger partial charge in [-0.2, -0.15) is 5.26 Å². The summed E-state index contributed by atoms with van der Waals surface area (Å²) < 4.78 is 7.63. The summed E-state index contributed by atoms with van der Waals surface area (Å²) in [5.74, 6) is 1.08. The van der Waals surface area contributed by atoms with Crippen molar-refractivity contribution in [2.45, 2.75) is 38.6 Å². The Morgan fingerprint density at radius 3 is 2.68 bits per heavy atom. The quantitative estimate of drug-likeness (QED) is 0.284. The standard InChI is InChI=1S/C20H23N5O2S/c1-4-10-25-19(12-27-16-8-6-15(5-2)7-9-16)23-24-20(25)28-13-18(26)17(11-21)14(3)22/h4,6-9H,1,5,10,12-13,22H2,2-3H3/b17-14+. The minimum absolute atomic E-state index is 0.0265. The molecule has 0 aliphatic rings. The molecule has 0 aliphatic carbocycles. The Bertz CT molecular complexity index is 906. The Labute approximate surface area is 168 Å². The number of carbonyl (C=O) groups excluding carboxylic acids is 1. The van der Waals surface area contributed by atoms with E-state index in [4.69, 9.17) is 15.7 Å². The molecule has 0 unspecified atom stereocenters. The first-order valence-electron chi connectivity index (χ1n) is 8.77. The van der Waals surface area contributed by atoms with Gasteiger partial charge < -0.3 is 10.5 Å². The first-order chi connectivity index (χ1) is 13.5. The lowest BCUT2D eigenvalue weighted by atomic mass is 10.2. The largest absolute Gasteiger partial charge is 0.486 e. The van der Waals surface area contributed by atoms with E-state index in [1.165, 1.54) is 24.2 Å². The van der Waals surface area contributed by atoms with Gasteiger partial charge in [0.2, 0.25) is 0 Å². The van der Waals surface area contributed by atoms with Gasteiger partial charge in [0.25, 0.3) is 0 Å². The fraction of sp³-hybridized carbons (Fsp3) is 0.300. The number of nitrogens with zero attached hydrogens (tertiary/aromatic N) is 4. The number of carbonyl (C=O) groups is 1. The molecule has 2 N–H and O–H groups in total. The number of aryl methyl sites for hydroxylation is 1. The van der Waals surface area contributed by atoms with E-state index < -0.39 is 0 Å². The molecule has 1 aromatic heterocycles. The van der Waals surface area contributed by atoms with Gasteiger partial charge in [-0.25, -0.2) is 0 Å². The normalized spacial score (nSPS) is 11.5. The topological polar surface area (TPSA) is 107 Å². The third kappa shape index (κ3) is 5.47. The lowest BCUT2D eigenvalue weighted by Crippen LogP contribution is -2.11. The molecule has 0 saturated carbocycles. The Morgan fingerprint density at radius 2 is 2.11 bits per heavy atom. The Balaban J connectivity index is 2.07. The molecule has 1 aromatic carbocycles. The summed E-state index contributed by atoms with van der Waals surface area (Å²) in [7, 11) is 0. The van der Waals surface area contributed by atoms with Crippen LogP contribution < -0.4 is 10.5 Å². The number of allylic oxidation sites excluding steroid dienone is 3. The van der Waals surface area contributed by atoms with Crippen molar-refractivity contribution in [1.82, 2.24) is 14.8 Å². The monoisotopic (exact) mass is 397 g/mol. The van der Waals surface area contributed by atoms with Crippen LogP contribution in [0.25, 0.3) is 0 Å². The van der Waals surface area contributed by atoms with Crippen molar-refractivity contribution in [1.29, 1.82) is 5.26 Å². The molecule has 2 rings (SSSR count). The number of ketones is 1. The highest BCUT2D eigenvalue weighted by Gasteiger charge is 2.17. The molecule has 7 nitrogen and oxygen atoms in total. The van der Waals surface area contributed by atoms with Crippen molar-refractivity contribution in [3.05, 3.63) is 59.6 Å². The van der Waals surface area contributed by atoms with Crippen molar-refractivity contribution in [2.75, 3.05) is 5.75 Å². The maximum absolute atomic E-state index is 12.1. The summed E-state index contributed by atoms with van der Waals surface area (Å²) in [5, 5.41) is 17.9. The first kappa shape index (κ1) is 21.3. The molecule has 0 atom stereocenters. The summed E-state index contributed by atoms with van der Waals surface area (Å²) in [6.45, 7) is 8.11. The van der Waals surface area contributed by atoms with E-state index in [9.17, 15) is 4.79 Å². The molecular formula is C20H23N5O2S. The van der Waals surface area contributed by atoms with Gasteiger partial charge in [-0.1, -0.05) is 36.9 Å². The van der Waals surface area contributed by atoms with Crippen molar-refractivity contribution >= 4 is 17.5 Å². The molecule has 146 valence electrons. The van der Waals surface area contributed by atoms with Crippen LogP contribution in [0.1, 0.15) is 25.2 Å². The smallest absolute Gasteiger partial charge is 0.192 e. The van der Waals surface area contributed by atoms with E-state index in [1.807, 2.05) is 34.9 Å². The van der Waals surface area contributed by atoms with Crippen LogP contribution in [0.4, 0.5) is 0 Å². The van der Waals surface area contributed by atoms with Crippen LogP contribution in [0, 0.1) is 11.3 Å². The average Bonchev–Trinajstić information content (AvgIpc) is 3.07. The molecule has 0 fully saturated rings. The average molecular weight is 398 g/mol. The van der Waals surface area contributed by atoms with Gasteiger partial charge in [-0.3, -0.25) is 9.36 Å². The van der Waals surface area contributed by atoms with Crippen molar-refractivity contribution in [3.8, 4) is 11.8 Å². The summed E-state index contributed by atoms with van der Waals surface area (Å²) in [6, 6.07) is 9.74. The highest BCUT2D eigenvalue weighted by atomic mass is 32.2. The van der Waals surface area contributed by atoms with Crippen LogP contribution in [0.2, 0.25) is 0 Å². The van der Waals surface area contributed by atoms with E-state index >= 15 is 0 Å². The Kier molecular flexibility index (Phi) is 7.84. The van der Waals surface area contributed by atoms with Gasteiger partial charge in [0.05, 0.1) is 5.75 Å². The summed E-state index contributed by atoms with van der Waals surface area (Å²) >= 11 is 1.20. The van der Waals surface area contributed by atoms with Crippen LogP contribution in [-0.2, 0) is 24.4 Å². The minimum atomic E-state index is -0.338. The number of aromatic nitrogens is 3. The van der Waals surface area contributed by atoms with Crippen LogP contribution >= 0.6 is 11.8 Å². The Hall–Kier alpha value is -3.05. The van der Waals surface area contributed by atoms with Gasteiger partial charge >= 0.3 is 0 Å². The zero-order valence-electron chi connectivity index (χ0n) is 16.0. The Morgan fingerprint density at radius 1 is 1.39 bits per heavy atom. The molecule has 0 radical (unpaired) electrons. The zero-order chi connectivity index (χ0) is 20.5. The van der Waals surface area contributed by atoms with Crippen molar-refractivity contribution in [3.63, 3.8) is 0 Å². The lowest BCUT2D eigenvalue weighted by Gasteiger charge is -2.09. The van der Waals surface area contributed by atoms with Gasteiger partial charge in [-0.05, 0) is 31.0 Å². The maximum Gasteiger partial charge on any atom is 0.192 e. The number of ether oxygens (including phenoxy) is 1. The molecular weight excluding hydrogens is 374 g/mol. The van der Waals surface area contributed by atoms with E-state index in [1.54, 1.807) is 6.08 Å². The summed E-state index contributed by atoms with van der Waals surface area (Å²) in [5.41, 5.74) is 7.00. The van der Waals surface area contributed by atoms with Gasteiger partial charge in [0.1, 0.15) is 24.0 Å².